The number of imide groups is 1. The topological polar surface area (TPSA) is 153 Å². The third-order valence-corrected chi connectivity index (χ3v) is 8.55. The normalized spacial score (nSPS) is 16.1. The van der Waals surface area contributed by atoms with Crippen molar-refractivity contribution in [3.05, 3.63) is 0 Å². The fourth-order valence-electron chi connectivity index (χ4n) is 4.66. The van der Waals surface area contributed by atoms with Crippen molar-refractivity contribution in [2.75, 3.05) is 60.2 Å². The molecule has 272 valence electrons. The Morgan fingerprint density at radius 1 is 0.787 bits per heavy atom. The van der Waals surface area contributed by atoms with Crippen LogP contribution >= 0.6 is 0 Å². The zero-order chi connectivity index (χ0) is 36.1. The molecule has 1 aliphatic rings. The molecule has 1 atom stereocenters. The third kappa shape index (κ3) is 16.9. The summed E-state index contributed by atoms with van der Waals surface area (Å²) in [4.78, 5) is 65.3. The van der Waals surface area contributed by atoms with Gasteiger partial charge in [-0.25, -0.2) is 0 Å². The van der Waals surface area contributed by atoms with Gasteiger partial charge in [-0.05, 0) is 74.7 Å². The first-order chi connectivity index (χ1) is 21.6. The summed E-state index contributed by atoms with van der Waals surface area (Å²) in [5, 5.41) is 5.45. The molecule has 1 heterocycles. The van der Waals surface area contributed by atoms with Crippen molar-refractivity contribution in [3.63, 3.8) is 0 Å². The Kier molecular flexibility index (Phi) is 17.0. The molecule has 0 bridgehead atoms. The Labute approximate surface area is 282 Å². The van der Waals surface area contributed by atoms with Crippen molar-refractivity contribution in [2.24, 2.45) is 5.92 Å². The second-order valence-electron chi connectivity index (χ2n) is 14.8. The first-order valence-corrected chi connectivity index (χ1v) is 16.7. The molecule has 0 aliphatic carbocycles. The molecule has 1 saturated heterocycles. The molecule has 13 heteroatoms. The summed E-state index contributed by atoms with van der Waals surface area (Å²) in [5.74, 6) is -1.80. The van der Waals surface area contributed by atoms with Gasteiger partial charge in [0, 0.05) is 59.2 Å². The van der Waals surface area contributed by atoms with Crippen molar-refractivity contribution in [1.29, 1.82) is 0 Å². The summed E-state index contributed by atoms with van der Waals surface area (Å²) >= 11 is 0. The summed E-state index contributed by atoms with van der Waals surface area (Å²) < 4.78 is 23.1. The van der Waals surface area contributed by atoms with Gasteiger partial charge in [-0.3, -0.25) is 28.9 Å². The maximum atomic E-state index is 13.6. The van der Waals surface area contributed by atoms with E-state index in [0.717, 1.165) is 4.90 Å². The van der Waals surface area contributed by atoms with Crippen LogP contribution < -0.4 is 10.6 Å². The lowest BCUT2D eigenvalue weighted by molar-refractivity contribution is -0.143. The van der Waals surface area contributed by atoms with E-state index < -0.39 is 11.2 Å². The predicted octanol–water partition coefficient (Wildman–Crippen LogP) is 2.83. The lowest BCUT2D eigenvalue weighted by Crippen LogP contribution is -2.46. The number of hydrogen-bond acceptors (Lipinski definition) is 9. The Balaban J connectivity index is 2.71. The Morgan fingerprint density at radius 2 is 1.30 bits per heavy atom. The van der Waals surface area contributed by atoms with Crippen LogP contribution in [0.5, 0.6) is 0 Å². The van der Waals surface area contributed by atoms with Gasteiger partial charge in [0.25, 0.3) is 0 Å². The Hall–Kier alpha value is -2.61. The van der Waals surface area contributed by atoms with Crippen LogP contribution in [-0.4, -0.2) is 122 Å². The van der Waals surface area contributed by atoms with Crippen LogP contribution in [0.2, 0.25) is 0 Å². The number of hydrogen-bond donors (Lipinski definition) is 2. The summed E-state index contributed by atoms with van der Waals surface area (Å²) in [6, 6.07) is 0. The zero-order valence-corrected chi connectivity index (χ0v) is 30.8. The number of likely N-dealkylation sites (tertiary alicyclic amines) is 1. The van der Waals surface area contributed by atoms with Gasteiger partial charge in [-0.1, -0.05) is 6.92 Å². The van der Waals surface area contributed by atoms with Gasteiger partial charge in [0.2, 0.25) is 29.5 Å². The highest BCUT2D eigenvalue weighted by Crippen LogP contribution is 2.23. The molecule has 0 aromatic heterocycles. The van der Waals surface area contributed by atoms with Gasteiger partial charge in [0.05, 0.1) is 48.6 Å². The highest BCUT2D eigenvalue weighted by atomic mass is 16.5. The summed E-state index contributed by atoms with van der Waals surface area (Å²) in [7, 11) is 3.32. The summed E-state index contributed by atoms with van der Waals surface area (Å²) in [5.41, 5.74) is -1.98. The Morgan fingerprint density at radius 3 is 1.79 bits per heavy atom. The van der Waals surface area contributed by atoms with Crippen molar-refractivity contribution >= 4 is 29.5 Å². The number of rotatable bonds is 23. The highest BCUT2D eigenvalue weighted by Gasteiger charge is 2.35. The van der Waals surface area contributed by atoms with Gasteiger partial charge in [0.15, 0.2) is 0 Å². The van der Waals surface area contributed by atoms with E-state index in [2.05, 4.69) is 10.6 Å². The van der Waals surface area contributed by atoms with Gasteiger partial charge in [0.1, 0.15) is 0 Å². The molecule has 47 heavy (non-hydrogen) atoms. The Bertz CT molecular complexity index is 1060. The molecular formula is C34H62N4O9. The van der Waals surface area contributed by atoms with Crippen molar-refractivity contribution in [3.8, 4) is 0 Å². The number of amides is 5. The maximum Gasteiger partial charge on any atom is 0.239 e. The van der Waals surface area contributed by atoms with Crippen LogP contribution in [0.25, 0.3) is 0 Å². The number of nitrogens with zero attached hydrogens (tertiary/aromatic N) is 2. The minimum atomic E-state index is -0.764. The maximum absolute atomic E-state index is 13.6. The average Bonchev–Trinajstić information content (AvgIpc) is 3.21. The number of nitrogens with one attached hydrogen (secondary N) is 2. The SMILES string of the molecule is COC(C)(C)CCOC(C)(C)CCN(CC(=O)NCCNC(=O)CCN1C(=O)CC(C)C1=O)C(=O)CC(C)(C)OCCC(C)(C)OC. The number of carbonyl (C=O) groups excluding carboxylic acids is 5. The van der Waals surface area contributed by atoms with Crippen LogP contribution in [0.15, 0.2) is 0 Å². The standard InChI is InChI=1S/C34H62N4O9/c1-25-22-28(41)38(30(25)43)18-12-26(39)35-16-17-36-27(40)24-37(19-13-33(6,7)46-20-14-31(2,3)44-10)29(42)23-34(8,9)47-21-15-32(4,5)45-11/h25H,12-24H2,1-11H3,(H,35,39)(H,36,40). The van der Waals surface area contributed by atoms with Gasteiger partial charge in [-0.15, -0.1) is 0 Å². The molecule has 0 aromatic carbocycles. The molecule has 2 N–H and O–H groups in total. The monoisotopic (exact) mass is 670 g/mol. The zero-order valence-electron chi connectivity index (χ0n) is 30.8. The number of ether oxygens (including phenoxy) is 4. The van der Waals surface area contributed by atoms with Crippen LogP contribution in [0.4, 0.5) is 0 Å². The smallest absolute Gasteiger partial charge is 0.239 e. The molecule has 1 rings (SSSR count). The largest absolute Gasteiger partial charge is 0.379 e. The van der Waals surface area contributed by atoms with E-state index in [9.17, 15) is 24.0 Å². The quantitative estimate of drug-likeness (QED) is 0.123. The number of methoxy groups -OCH3 is 2. The average molecular weight is 671 g/mol. The fraction of sp³-hybridized carbons (Fsp3) is 0.853. The molecule has 0 spiro atoms. The van der Waals surface area contributed by atoms with Crippen LogP contribution in [0.3, 0.4) is 0 Å². The second-order valence-corrected chi connectivity index (χ2v) is 14.8. The van der Waals surface area contributed by atoms with Gasteiger partial charge < -0.3 is 34.5 Å². The molecule has 1 fully saturated rings. The molecule has 0 radical (unpaired) electrons. The van der Waals surface area contributed by atoms with Crippen LogP contribution in [0, 0.1) is 5.92 Å². The van der Waals surface area contributed by atoms with Crippen molar-refractivity contribution < 1.29 is 42.9 Å². The highest BCUT2D eigenvalue weighted by molar-refractivity contribution is 6.03. The van der Waals surface area contributed by atoms with Crippen LogP contribution in [0.1, 0.15) is 101 Å². The first-order valence-electron chi connectivity index (χ1n) is 16.7. The molecule has 0 saturated carbocycles. The lowest BCUT2D eigenvalue weighted by atomic mass is 10.0. The second kappa shape index (κ2) is 18.8. The van der Waals surface area contributed by atoms with E-state index in [1.165, 1.54) is 4.90 Å². The van der Waals surface area contributed by atoms with Crippen LogP contribution in [-0.2, 0) is 42.9 Å². The minimum absolute atomic E-state index is 0.0118. The minimum Gasteiger partial charge on any atom is -0.379 e. The summed E-state index contributed by atoms with van der Waals surface area (Å²) in [6.45, 7) is 18.6. The fourth-order valence-corrected chi connectivity index (χ4v) is 4.66. The van der Waals surface area contributed by atoms with E-state index >= 15 is 0 Å². The lowest BCUT2D eigenvalue weighted by Gasteiger charge is -2.33. The van der Waals surface area contributed by atoms with E-state index in [1.54, 1.807) is 21.1 Å². The first kappa shape index (κ1) is 42.4. The molecule has 1 aliphatic heterocycles. The molecule has 1 unspecified atom stereocenters. The summed E-state index contributed by atoms with van der Waals surface area (Å²) in [6.07, 6.45) is 2.09. The predicted molar refractivity (Wildman–Crippen MR) is 178 cm³/mol. The van der Waals surface area contributed by atoms with E-state index in [4.69, 9.17) is 18.9 Å². The van der Waals surface area contributed by atoms with Gasteiger partial charge >= 0.3 is 0 Å². The molecular weight excluding hydrogens is 608 g/mol. The van der Waals surface area contributed by atoms with E-state index in [-0.39, 0.29) is 92.1 Å². The third-order valence-electron chi connectivity index (χ3n) is 8.55. The van der Waals surface area contributed by atoms with Gasteiger partial charge in [-0.2, -0.15) is 0 Å². The van der Waals surface area contributed by atoms with Crippen molar-refractivity contribution in [1.82, 2.24) is 20.4 Å². The van der Waals surface area contributed by atoms with Crippen molar-refractivity contribution in [2.45, 2.75) is 123 Å². The van der Waals surface area contributed by atoms with E-state index in [1.807, 2.05) is 55.4 Å². The van der Waals surface area contributed by atoms with E-state index in [0.29, 0.717) is 39.0 Å². The molecule has 13 nitrogen and oxygen atoms in total. The number of carbonyl (C=O) groups is 5. The molecule has 0 aromatic rings. The molecule has 5 amide bonds.